The van der Waals surface area contributed by atoms with E-state index in [9.17, 15) is 14.4 Å². The van der Waals surface area contributed by atoms with Gasteiger partial charge in [-0.25, -0.2) is 0 Å². The number of unbranched alkanes of at least 4 members (excludes halogenated alkanes) is 22. The van der Waals surface area contributed by atoms with Crippen LogP contribution in [0, 0.1) is 0 Å². The quantitative estimate of drug-likeness (QED) is 0.0264. The molecule has 0 aromatic carbocycles. The van der Waals surface area contributed by atoms with E-state index in [1.54, 1.807) is 0 Å². The topological polar surface area (TPSA) is 78.9 Å². The van der Waals surface area contributed by atoms with Gasteiger partial charge in [0.25, 0.3) is 0 Å². The van der Waals surface area contributed by atoms with Crippen molar-refractivity contribution >= 4 is 17.9 Å². The van der Waals surface area contributed by atoms with E-state index in [-0.39, 0.29) is 31.1 Å². The van der Waals surface area contributed by atoms with Crippen molar-refractivity contribution in [2.24, 2.45) is 0 Å². The van der Waals surface area contributed by atoms with Crippen molar-refractivity contribution in [2.45, 2.75) is 239 Å². The summed E-state index contributed by atoms with van der Waals surface area (Å²) in [5.41, 5.74) is 0. The fraction of sp³-hybridized carbons (Fsp3) is 0.750. The molecule has 0 heterocycles. The van der Waals surface area contributed by atoms with Gasteiger partial charge >= 0.3 is 17.9 Å². The second kappa shape index (κ2) is 46.8. The molecule has 1 atom stereocenters. The monoisotopic (exact) mass is 811 g/mol. The normalized spacial score (nSPS) is 12.5. The van der Waals surface area contributed by atoms with Crippen LogP contribution in [-0.4, -0.2) is 37.2 Å². The van der Waals surface area contributed by atoms with Crippen molar-refractivity contribution in [3.05, 3.63) is 60.8 Å². The minimum Gasteiger partial charge on any atom is -0.462 e. The molecule has 0 spiro atoms. The van der Waals surface area contributed by atoms with E-state index in [1.165, 1.54) is 89.9 Å². The van der Waals surface area contributed by atoms with Crippen LogP contribution in [0.2, 0.25) is 0 Å². The zero-order valence-electron chi connectivity index (χ0n) is 38.0. The first-order chi connectivity index (χ1) is 28.5. The molecule has 1 unspecified atom stereocenters. The molecule has 0 amide bonds. The molecule has 334 valence electrons. The maximum atomic E-state index is 12.7. The molecular weight excluding hydrogens is 721 g/mol. The van der Waals surface area contributed by atoms with Crippen LogP contribution >= 0.6 is 0 Å². The van der Waals surface area contributed by atoms with Gasteiger partial charge in [-0.15, -0.1) is 0 Å². The zero-order chi connectivity index (χ0) is 42.3. The van der Waals surface area contributed by atoms with E-state index < -0.39 is 6.10 Å². The van der Waals surface area contributed by atoms with Gasteiger partial charge in [-0.3, -0.25) is 14.4 Å². The number of carbonyl (C=O) groups excluding carboxylic acids is 3. The van der Waals surface area contributed by atoms with Gasteiger partial charge in [-0.05, 0) is 83.5 Å². The van der Waals surface area contributed by atoms with E-state index >= 15 is 0 Å². The standard InChI is InChI=1S/C52H90O6/c1-4-7-10-13-16-19-21-23-24-25-26-27-28-29-31-33-36-39-42-45-51(54)57-48-49(47-56-50(53)44-41-38-35-32-18-15-12-9-6-3)58-52(55)46-43-40-37-34-30-22-20-17-14-11-8-5-2/h7,10,16-17,19-20,23-24,26-27,49H,4-6,8-9,11-15,18,21-22,25,28-48H2,1-3H3/b10-7-,19-16-,20-17-,24-23-,27-26-. The lowest BCUT2D eigenvalue weighted by atomic mass is 10.1. The zero-order valence-corrected chi connectivity index (χ0v) is 38.0. The Hall–Kier alpha value is -2.89. The number of allylic oxidation sites excluding steroid dienone is 10. The molecule has 0 aliphatic heterocycles. The van der Waals surface area contributed by atoms with Crippen LogP contribution < -0.4 is 0 Å². The first-order valence-electron chi connectivity index (χ1n) is 24.3. The van der Waals surface area contributed by atoms with Crippen LogP contribution in [0.4, 0.5) is 0 Å². The number of esters is 3. The van der Waals surface area contributed by atoms with Crippen molar-refractivity contribution in [3.8, 4) is 0 Å². The summed E-state index contributed by atoms with van der Waals surface area (Å²) < 4.78 is 16.7. The van der Waals surface area contributed by atoms with Gasteiger partial charge in [-0.2, -0.15) is 0 Å². The molecule has 0 aliphatic carbocycles. The summed E-state index contributed by atoms with van der Waals surface area (Å²) in [7, 11) is 0. The van der Waals surface area contributed by atoms with Gasteiger partial charge in [0.15, 0.2) is 6.10 Å². The van der Waals surface area contributed by atoms with Gasteiger partial charge in [0.05, 0.1) is 0 Å². The van der Waals surface area contributed by atoms with Crippen molar-refractivity contribution in [2.75, 3.05) is 13.2 Å². The third-order valence-electron chi connectivity index (χ3n) is 10.3. The van der Waals surface area contributed by atoms with Crippen LogP contribution in [0.25, 0.3) is 0 Å². The lowest BCUT2D eigenvalue weighted by Crippen LogP contribution is -2.30. The Balaban J connectivity index is 4.34. The molecule has 0 fully saturated rings. The molecule has 0 rings (SSSR count). The highest BCUT2D eigenvalue weighted by atomic mass is 16.6. The van der Waals surface area contributed by atoms with Crippen LogP contribution in [0.3, 0.4) is 0 Å². The summed E-state index contributed by atoms with van der Waals surface area (Å²) in [5.74, 6) is -0.908. The molecule has 0 aromatic rings. The van der Waals surface area contributed by atoms with Crippen LogP contribution in [-0.2, 0) is 28.6 Å². The number of carbonyl (C=O) groups is 3. The van der Waals surface area contributed by atoms with Crippen molar-refractivity contribution in [1.82, 2.24) is 0 Å². The molecule has 0 radical (unpaired) electrons. The maximum Gasteiger partial charge on any atom is 0.306 e. The number of rotatable bonds is 43. The van der Waals surface area contributed by atoms with Gasteiger partial charge in [0, 0.05) is 19.3 Å². The molecule has 58 heavy (non-hydrogen) atoms. The fourth-order valence-corrected chi connectivity index (χ4v) is 6.60. The SMILES string of the molecule is CC/C=C\C/C=C\C/C=C\C/C=C\CCCCCCCCC(=O)OCC(COC(=O)CCCCCCCCCCC)OC(=O)CCCCCCC/C=C\CCCCC. The highest BCUT2D eigenvalue weighted by Crippen LogP contribution is 2.14. The van der Waals surface area contributed by atoms with E-state index in [1.807, 2.05) is 0 Å². The van der Waals surface area contributed by atoms with E-state index in [4.69, 9.17) is 14.2 Å². The van der Waals surface area contributed by atoms with E-state index in [0.29, 0.717) is 19.3 Å². The Bertz CT molecular complexity index is 1070. The maximum absolute atomic E-state index is 12.7. The molecule has 0 saturated carbocycles. The average Bonchev–Trinajstić information content (AvgIpc) is 3.22. The van der Waals surface area contributed by atoms with Crippen molar-refractivity contribution in [3.63, 3.8) is 0 Å². The summed E-state index contributed by atoms with van der Waals surface area (Å²) in [5, 5.41) is 0. The highest BCUT2D eigenvalue weighted by molar-refractivity contribution is 5.71. The predicted octanol–water partition coefficient (Wildman–Crippen LogP) is 15.7. The first kappa shape index (κ1) is 55.1. The Morgan fingerprint density at radius 2 is 0.672 bits per heavy atom. The third kappa shape index (κ3) is 44.2. The van der Waals surface area contributed by atoms with Gasteiger partial charge < -0.3 is 14.2 Å². The summed E-state index contributed by atoms with van der Waals surface area (Å²) in [6.45, 7) is 6.46. The first-order valence-corrected chi connectivity index (χ1v) is 24.3. The molecule has 0 saturated heterocycles. The minimum atomic E-state index is -0.780. The third-order valence-corrected chi connectivity index (χ3v) is 10.3. The molecule has 0 N–H and O–H groups in total. The van der Waals surface area contributed by atoms with E-state index in [2.05, 4.69) is 81.5 Å². The Kier molecular flexibility index (Phi) is 44.5. The molecular formula is C52H90O6. The fourth-order valence-electron chi connectivity index (χ4n) is 6.60. The summed E-state index contributed by atoms with van der Waals surface area (Å²) >= 11 is 0. The lowest BCUT2D eigenvalue weighted by Gasteiger charge is -2.18. The highest BCUT2D eigenvalue weighted by Gasteiger charge is 2.19. The lowest BCUT2D eigenvalue weighted by molar-refractivity contribution is -0.167. The van der Waals surface area contributed by atoms with Crippen LogP contribution in [0.1, 0.15) is 233 Å². The molecule has 0 aromatic heterocycles. The number of hydrogen-bond acceptors (Lipinski definition) is 6. The Labute approximate surface area is 358 Å². The van der Waals surface area contributed by atoms with Gasteiger partial charge in [0.1, 0.15) is 13.2 Å². The van der Waals surface area contributed by atoms with Gasteiger partial charge in [0.2, 0.25) is 0 Å². The predicted molar refractivity (Wildman–Crippen MR) is 247 cm³/mol. The second-order valence-corrected chi connectivity index (χ2v) is 16.0. The summed E-state index contributed by atoms with van der Waals surface area (Å²) in [6.07, 6.45) is 56.3. The molecule has 0 bridgehead atoms. The number of hydrogen-bond donors (Lipinski definition) is 0. The smallest absolute Gasteiger partial charge is 0.306 e. The van der Waals surface area contributed by atoms with Crippen molar-refractivity contribution < 1.29 is 28.6 Å². The molecule has 0 aliphatic rings. The minimum absolute atomic E-state index is 0.0812. The Morgan fingerprint density at radius 1 is 0.362 bits per heavy atom. The summed E-state index contributed by atoms with van der Waals surface area (Å²) in [6, 6.07) is 0. The molecule has 6 heteroatoms. The second-order valence-electron chi connectivity index (χ2n) is 16.0. The summed E-state index contributed by atoms with van der Waals surface area (Å²) in [4.78, 5) is 37.8. The van der Waals surface area contributed by atoms with E-state index in [0.717, 1.165) is 103 Å². The van der Waals surface area contributed by atoms with Crippen LogP contribution in [0.15, 0.2) is 60.8 Å². The Morgan fingerprint density at radius 3 is 1.10 bits per heavy atom. The van der Waals surface area contributed by atoms with Gasteiger partial charge in [-0.1, -0.05) is 191 Å². The molecule has 6 nitrogen and oxygen atoms in total. The number of ether oxygens (including phenoxy) is 3. The van der Waals surface area contributed by atoms with Crippen molar-refractivity contribution in [1.29, 1.82) is 0 Å². The largest absolute Gasteiger partial charge is 0.462 e. The van der Waals surface area contributed by atoms with Crippen LogP contribution in [0.5, 0.6) is 0 Å². The average molecular weight is 811 g/mol.